The Morgan fingerprint density at radius 1 is 1.36 bits per heavy atom. The van der Waals surface area contributed by atoms with Crippen molar-refractivity contribution in [1.82, 2.24) is 9.80 Å². The monoisotopic (exact) mass is 320 g/mol. The van der Waals surface area contributed by atoms with Crippen LogP contribution in [0.5, 0.6) is 0 Å². The highest BCUT2D eigenvalue weighted by Gasteiger charge is 2.24. The molecular weight excluding hydrogens is 300 g/mol. The smallest absolute Gasteiger partial charge is 0.407 e. The van der Waals surface area contributed by atoms with Crippen molar-refractivity contribution >= 4 is 17.7 Å². The third-order valence-corrected chi connectivity index (χ3v) is 4.29. The number of carbonyl (C=O) groups is 1. The van der Waals surface area contributed by atoms with E-state index in [1.807, 2.05) is 24.3 Å². The Morgan fingerprint density at radius 2 is 2.00 bits per heavy atom. The molecule has 1 aliphatic rings. The van der Waals surface area contributed by atoms with Gasteiger partial charge >= 0.3 is 6.09 Å². The summed E-state index contributed by atoms with van der Waals surface area (Å²) in [5, 5.41) is 9.71. The molecule has 1 amide bonds. The van der Waals surface area contributed by atoms with E-state index in [1.54, 1.807) is 7.05 Å². The second-order valence-electron chi connectivity index (χ2n) is 5.52. The van der Waals surface area contributed by atoms with E-state index in [2.05, 4.69) is 16.7 Å². The van der Waals surface area contributed by atoms with E-state index in [1.165, 1.54) is 4.90 Å². The lowest BCUT2D eigenvalue weighted by atomic mass is 10.0. The largest absolute Gasteiger partial charge is 0.465 e. The molecule has 0 radical (unpaired) electrons. The maximum absolute atomic E-state index is 10.9. The molecule has 1 N–H and O–H groups in total. The lowest BCUT2D eigenvalue weighted by Gasteiger charge is -2.35. The minimum absolute atomic E-state index is 0.147. The van der Waals surface area contributed by atoms with Gasteiger partial charge in [0.25, 0.3) is 0 Å². The van der Waals surface area contributed by atoms with E-state index >= 15 is 0 Å². The van der Waals surface area contributed by atoms with Crippen LogP contribution in [0.15, 0.2) is 24.3 Å². The number of hydrogen-bond donors (Lipinski definition) is 1. The molecule has 0 spiro atoms. The van der Waals surface area contributed by atoms with Gasteiger partial charge in [0.2, 0.25) is 0 Å². The van der Waals surface area contributed by atoms with Crippen LogP contribution in [0.3, 0.4) is 0 Å². The van der Waals surface area contributed by atoms with Crippen LogP contribution in [0.4, 0.5) is 4.79 Å². The van der Waals surface area contributed by atoms with Crippen molar-refractivity contribution in [3.8, 4) is 11.8 Å². The van der Waals surface area contributed by atoms with Gasteiger partial charge in [-0.25, -0.2) is 4.79 Å². The zero-order chi connectivity index (χ0) is 15.9. The quantitative estimate of drug-likeness (QED) is 0.870. The average molecular weight is 321 g/mol. The Morgan fingerprint density at radius 3 is 2.59 bits per heavy atom. The van der Waals surface area contributed by atoms with Gasteiger partial charge < -0.3 is 14.9 Å². The first kappa shape index (κ1) is 16.7. The molecule has 1 aliphatic heterocycles. The van der Waals surface area contributed by atoms with E-state index in [9.17, 15) is 4.79 Å². The zero-order valence-corrected chi connectivity index (χ0v) is 13.5. The number of likely N-dealkylation sites (tertiary alicyclic amines) is 1. The zero-order valence-electron chi connectivity index (χ0n) is 12.8. The highest BCUT2D eigenvalue weighted by atomic mass is 35.5. The first-order valence-corrected chi connectivity index (χ1v) is 7.86. The fourth-order valence-corrected chi connectivity index (χ4v) is 2.72. The fraction of sp³-hybridized carbons (Fsp3) is 0.471. The Bertz CT molecular complexity index is 554. The molecule has 1 heterocycles. The van der Waals surface area contributed by atoms with Crippen molar-refractivity contribution in [2.24, 2.45) is 0 Å². The van der Waals surface area contributed by atoms with Gasteiger partial charge in [-0.15, -0.1) is 0 Å². The number of hydrogen-bond acceptors (Lipinski definition) is 2. The van der Waals surface area contributed by atoms with Crippen molar-refractivity contribution in [2.75, 3.05) is 26.7 Å². The number of amides is 1. The van der Waals surface area contributed by atoms with Crippen molar-refractivity contribution < 1.29 is 9.90 Å². The fourth-order valence-electron chi connectivity index (χ4n) is 2.60. The number of halogens is 1. The van der Waals surface area contributed by atoms with Gasteiger partial charge in [0.1, 0.15) is 0 Å². The summed E-state index contributed by atoms with van der Waals surface area (Å²) in [6, 6.07) is 7.67. The topological polar surface area (TPSA) is 43.8 Å². The maximum atomic E-state index is 10.9. The summed E-state index contributed by atoms with van der Waals surface area (Å²) in [6.07, 6.45) is 1.77. The molecule has 1 aromatic rings. The van der Waals surface area contributed by atoms with Gasteiger partial charge in [-0.1, -0.05) is 23.4 Å². The highest BCUT2D eigenvalue weighted by Crippen LogP contribution is 2.15. The summed E-state index contributed by atoms with van der Waals surface area (Å²) < 4.78 is 0. The molecule has 22 heavy (non-hydrogen) atoms. The summed E-state index contributed by atoms with van der Waals surface area (Å²) in [7, 11) is 1.65. The van der Waals surface area contributed by atoms with E-state index in [0.717, 1.165) is 49.5 Å². The van der Waals surface area contributed by atoms with Gasteiger partial charge in [0.05, 0.1) is 0 Å². The van der Waals surface area contributed by atoms with Crippen LogP contribution in [0.2, 0.25) is 5.02 Å². The van der Waals surface area contributed by atoms with Crippen LogP contribution in [-0.4, -0.2) is 53.7 Å². The van der Waals surface area contributed by atoms with Crippen LogP contribution in [0.1, 0.15) is 24.8 Å². The predicted octanol–water partition coefficient (Wildman–Crippen LogP) is 3.16. The summed E-state index contributed by atoms with van der Waals surface area (Å²) >= 11 is 5.83. The molecule has 0 aromatic heterocycles. The van der Waals surface area contributed by atoms with Crippen molar-refractivity contribution in [1.29, 1.82) is 0 Å². The van der Waals surface area contributed by atoms with E-state index in [0.29, 0.717) is 0 Å². The number of piperidine rings is 1. The Balaban J connectivity index is 1.71. The Hall–Kier alpha value is -1.70. The van der Waals surface area contributed by atoms with Crippen LogP contribution in [-0.2, 0) is 0 Å². The minimum Gasteiger partial charge on any atom is -0.465 e. The first-order valence-electron chi connectivity index (χ1n) is 7.49. The second-order valence-corrected chi connectivity index (χ2v) is 5.96. The molecule has 0 atom stereocenters. The SMILES string of the molecule is CN(C(=O)O)C1CCN(CCC#Cc2ccc(Cl)cc2)CC1. The van der Waals surface area contributed by atoms with Gasteiger partial charge in [0.15, 0.2) is 0 Å². The van der Waals surface area contributed by atoms with Crippen molar-refractivity contribution in [2.45, 2.75) is 25.3 Å². The van der Waals surface area contributed by atoms with Crippen LogP contribution in [0, 0.1) is 11.8 Å². The Kier molecular flexibility index (Phi) is 6.11. The molecule has 118 valence electrons. The van der Waals surface area contributed by atoms with E-state index in [-0.39, 0.29) is 6.04 Å². The molecule has 0 aliphatic carbocycles. The summed E-state index contributed by atoms with van der Waals surface area (Å²) in [5.41, 5.74) is 0.978. The Labute approximate surface area is 136 Å². The average Bonchev–Trinajstić information content (AvgIpc) is 2.53. The summed E-state index contributed by atoms with van der Waals surface area (Å²) in [5.74, 6) is 6.31. The number of rotatable bonds is 3. The molecule has 2 rings (SSSR count). The molecule has 1 saturated heterocycles. The normalized spacial score (nSPS) is 15.9. The predicted molar refractivity (Wildman–Crippen MR) is 88.2 cm³/mol. The van der Waals surface area contributed by atoms with Crippen molar-refractivity contribution in [3.05, 3.63) is 34.9 Å². The van der Waals surface area contributed by atoms with Crippen LogP contribution < -0.4 is 0 Å². The summed E-state index contributed by atoms with van der Waals surface area (Å²) in [6.45, 7) is 2.81. The molecule has 5 heteroatoms. The van der Waals surface area contributed by atoms with Gasteiger partial charge in [-0.2, -0.15) is 0 Å². The molecule has 1 fully saturated rings. The molecule has 0 unspecified atom stereocenters. The lowest BCUT2D eigenvalue weighted by Crippen LogP contribution is -2.45. The second kappa shape index (κ2) is 8.07. The van der Waals surface area contributed by atoms with E-state index < -0.39 is 6.09 Å². The van der Waals surface area contributed by atoms with Crippen LogP contribution >= 0.6 is 11.6 Å². The maximum Gasteiger partial charge on any atom is 0.407 e. The minimum atomic E-state index is -0.840. The third kappa shape index (κ3) is 4.94. The standard InChI is InChI=1S/C17H21ClN2O2/c1-19(17(21)22)16-9-12-20(13-10-16)11-3-2-4-14-5-7-15(18)8-6-14/h5-8,16H,3,9-13H2,1H3,(H,21,22). The van der Waals surface area contributed by atoms with Crippen LogP contribution in [0.25, 0.3) is 0 Å². The molecule has 0 saturated carbocycles. The molecule has 4 nitrogen and oxygen atoms in total. The molecule has 0 bridgehead atoms. The number of benzene rings is 1. The first-order chi connectivity index (χ1) is 10.6. The van der Waals surface area contributed by atoms with Gasteiger partial charge in [0, 0.05) is 49.7 Å². The summed E-state index contributed by atoms with van der Waals surface area (Å²) in [4.78, 5) is 14.7. The van der Waals surface area contributed by atoms with Gasteiger partial charge in [-0.3, -0.25) is 0 Å². The van der Waals surface area contributed by atoms with E-state index in [4.69, 9.17) is 16.7 Å². The third-order valence-electron chi connectivity index (χ3n) is 4.04. The lowest BCUT2D eigenvalue weighted by molar-refractivity contribution is 0.106. The number of carboxylic acid groups (broad SMARTS) is 1. The van der Waals surface area contributed by atoms with Gasteiger partial charge in [-0.05, 0) is 37.1 Å². The highest BCUT2D eigenvalue weighted by molar-refractivity contribution is 6.30. The van der Waals surface area contributed by atoms with Crippen molar-refractivity contribution in [3.63, 3.8) is 0 Å². The number of nitrogens with zero attached hydrogens (tertiary/aromatic N) is 2. The molecular formula is C17H21ClN2O2. The molecule has 1 aromatic carbocycles.